The second-order valence-electron chi connectivity index (χ2n) is 5.81. The summed E-state index contributed by atoms with van der Waals surface area (Å²) in [6.07, 6.45) is 2.46. The molecule has 2 heterocycles. The number of carbonyl (C=O) groups is 1. The summed E-state index contributed by atoms with van der Waals surface area (Å²) in [5, 5.41) is 13.7. The summed E-state index contributed by atoms with van der Waals surface area (Å²) in [4.78, 5) is 19.6. The second-order valence-corrected chi connectivity index (χ2v) is 7.10. The maximum absolute atomic E-state index is 12.2. The van der Waals surface area contributed by atoms with Gasteiger partial charge in [0.2, 0.25) is 0 Å². The van der Waals surface area contributed by atoms with Crippen LogP contribution in [0.2, 0.25) is 0 Å². The Labute approximate surface area is 130 Å². The van der Waals surface area contributed by atoms with E-state index in [0.717, 1.165) is 36.5 Å². The minimum atomic E-state index is -0.344. The SMILES string of the molecule is Cc1nc(C)c(CCNC(=O)N2CCCC(C(C)O)C2)s1. The predicted octanol–water partition coefficient (Wildman–Crippen LogP) is 2.10. The molecule has 1 aromatic rings. The van der Waals surface area contributed by atoms with Gasteiger partial charge in [-0.1, -0.05) is 0 Å². The van der Waals surface area contributed by atoms with Crippen LogP contribution >= 0.6 is 11.3 Å². The van der Waals surface area contributed by atoms with E-state index in [9.17, 15) is 9.90 Å². The van der Waals surface area contributed by atoms with Crippen molar-refractivity contribution in [2.75, 3.05) is 19.6 Å². The number of aliphatic hydroxyl groups is 1. The van der Waals surface area contributed by atoms with Crippen molar-refractivity contribution >= 4 is 17.4 Å². The van der Waals surface area contributed by atoms with Gasteiger partial charge in [0.1, 0.15) is 0 Å². The first kappa shape index (κ1) is 16.2. The van der Waals surface area contributed by atoms with Crippen molar-refractivity contribution in [2.45, 2.75) is 46.1 Å². The Morgan fingerprint density at radius 2 is 2.33 bits per heavy atom. The van der Waals surface area contributed by atoms with E-state index >= 15 is 0 Å². The number of nitrogens with zero attached hydrogens (tertiary/aromatic N) is 2. The van der Waals surface area contributed by atoms with Crippen molar-refractivity contribution < 1.29 is 9.90 Å². The molecular weight excluding hydrogens is 286 g/mol. The molecule has 1 aliphatic heterocycles. The third-order valence-corrected chi connectivity index (χ3v) is 5.19. The second kappa shape index (κ2) is 7.22. The molecule has 2 amide bonds. The van der Waals surface area contributed by atoms with Crippen LogP contribution in [0.4, 0.5) is 4.79 Å². The average Bonchev–Trinajstić information content (AvgIpc) is 2.77. The highest BCUT2D eigenvalue weighted by atomic mass is 32.1. The number of nitrogens with one attached hydrogen (secondary N) is 1. The number of thiazole rings is 1. The largest absolute Gasteiger partial charge is 0.393 e. The minimum Gasteiger partial charge on any atom is -0.393 e. The normalized spacial score (nSPS) is 20.4. The van der Waals surface area contributed by atoms with Crippen LogP contribution in [-0.2, 0) is 6.42 Å². The first-order valence-corrected chi connectivity index (χ1v) is 8.42. The molecule has 2 rings (SSSR count). The zero-order chi connectivity index (χ0) is 15.4. The minimum absolute atomic E-state index is 0.0146. The fourth-order valence-electron chi connectivity index (χ4n) is 2.79. The number of hydrogen-bond acceptors (Lipinski definition) is 4. The Hall–Kier alpha value is -1.14. The number of aliphatic hydroxyl groups excluding tert-OH is 1. The maximum Gasteiger partial charge on any atom is 0.317 e. The molecule has 0 aromatic carbocycles. The van der Waals surface area contributed by atoms with E-state index < -0.39 is 0 Å². The molecule has 1 fully saturated rings. The quantitative estimate of drug-likeness (QED) is 0.895. The van der Waals surface area contributed by atoms with Crippen molar-refractivity contribution in [3.63, 3.8) is 0 Å². The number of urea groups is 1. The Morgan fingerprint density at radius 1 is 1.57 bits per heavy atom. The number of aromatic nitrogens is 1. The molecule has 2 unspecified atom stereocenters. The van der Waals surface area contributed by atoms with Crippen LogP contribution in [0, 0.1) is 19.8 Å². The van der Waals surface area contributed by atoms with Gasteiger partial charge in [-0.15, -0.1) is 11.3 Å². The summed E-state index contributed by atoms with van der Waals surface area (Å²) in [5.41, 5.74) is 1.07. The molecule has 2 atom stereocenters. The van der Waals surface area contributed by atoms with Gasteiger partial charge in [0.05, 0.1) is 16.8 Å². The standard InChI is InChI=1S/C15H25N3O2S/c1-10-14(21-12(3)17-10)6-7-16-15(20)18-8-4-5-13(9-18)11(2)19/h11,13,19H,4-9H2,1-3H3,(H,16,20). The molecule has 0 spiro atoms. The number of piperidine rings is 1. The van der Waals surface area contributed by atoms with Crippen molar-refractivity contribution in [1.82, 2.24) is 15.2 Å². The van der Waals surface area contributed by atoms with E-state index in [2.05, 4.69) is 10.3 Å². The Morgan fingerprint density at radius 3 is 2.95 bits per heavy atom. The molecule has 0 radical (unpaired) electrons. The van der Waals surface area contributed by atoms with Crippen LogP contribution in [0.1, 0.15) is 35.3 Å². The zero-order valence-electron chi connectivity index (χ0n) is 13.1. The topological polar surface area (TPSA) is 65.5 Å². The highest BCUT2D eigenvalue weighted by Gasteiger charge is 2.26. The molecule has 1 aromatic heterocycles. The molecule has 0 bridgehead atoms. The molecule has 0 aliphatic carbocycles. The van der Waals surface area contributed by atoms with Gasteiger partial charge >= 0.3 is 6.03 Å². The van der Waals surface area contributed by atoms with Crippen LogP contribution < -0.4 is 5.32 Å². The van der Waals surface area contributed by atoms with Gasteiger partial charge in [0.25, 0.3) is 0 Å². The van der Waals surface area contributed by atoms with Gasteiger partial charge < -0.3 is 15.3 Å². The number of aryl methyl sites for hydroxylation is 2. The fourth-order valence-corrected chi connectivity index (χ4v) is 3.73. The van der Waals surface area contributed by atoms with Gasteiger partial charge in [-0.05, 0) is 33.6 Å². The summed E-state index contributed by atoms with van der Waals surface area (Å²) in [6.45, 7) is 7.90. The molecule has 1 saturated heterocycles. The number of carbonyl (C=O) groups excluding carboxylic acids is 1. The third-order valence-electron chi connectivity index (χ3n) is 4.06. The van der Waals surface area contributed by atoms with Crippen molar-refractivity contribution in [3.8, 4) is 0 Å². The molecule has 5 nitrogen and oxygen atoms in total. The van der Waals surface area contributed by atoms with Crippen molar-refractivity contribution in [1.29, 1.82) is 0 Å². The molecule has 0 saturated carbocycles. The van der Waals surface area contributed by atoms with E-state index in [1.807, 2.05) is 18.7 Å². The summed E-state index contributed by atoms with van der Waals surface area (Å²) >= 11 is 1.70. The number of likely N-dealkylation sites (tertiary alicyclic amines) is 1. The molecular formula is C15H25N3O2S. The summed E-state index contributed by atoms with van der Waals surface area (Å²) in [7, 11) is 0. The molecule has 6 heteroatoms. The smallest absolute Gasteiger partial charge is 0.317 e. The molecule has 118 valence electrons. The fraction of sp³-hybridized carbons (Fsp3) is 0.733. The monoisotopic (exact) mass is 311 g/mol. The van der Waals surface area contributed by atoms with Gasteiger partial charge in [0, 0.05) is 36.9 Å². The van der Waals surface area contributed by atoms with Crippen LogP contribution in [0.3, 0.4) is 0 Å². The first-order chi connectivity index (χ1) is 9.97. The third kappa shape index (κ3) is 4.41. The van der Waals surface area contributed by atoms with Crippen LogP contribution in [-0.4, -0.2) is 46.8 Å². The Kier molecular flexibility index (Phi) is 5.58. The van der Waals surface area contributed by atoms with Crippen molar-refractivity contribution in [2.24, 2.45) is 5.92 Å². The summed E-state index contributed by atoms with van der Waals surface area (Å²) in [6, 6.07) is -0.0146. The van der Waals surface area contributed by atoms with Crippen LogP contribution in [0.15, 0.2) is 0 Å². The van der Waals surface area contributed by atoms with E-state index in [1.54, 1.807) is 18.3 Å². The van der Waals surface area contributed by atoms with E-state index in [4.69, 9.17) is 0 Å². The number of amides is 2. The lowest BCUT2D eigenvalue weighted by molar-refractivity contribution is 0.0740. The lowest BCUT2D eigenvalue weighted by Crippen LogP contribution is -2.47. The van der Waals surface area contributed by atoms with Gasteiger partial charge in [-0.3, -0.25) is 0 Å². The van der Waals surface area contributed by atoms with E-state index in [0.29, 0.717) is 13.1 Å². The van der Waals surface area contributed by atoms with Gasteiger partial charge in [-0.25, -0.2) is 9.78 Å². The first-order valence-electron chi connectivity index (χ1n) is 7.61. The average molecular weight is 311 g/mol. The molecule has 21 heavy (non-hydrogen) atoms. The number of hydrogen-bond donors (Lipinski definition) is 2. The molecule has 1 aliphatic rings. The summed E-state index contributed by atoms with van der Waals surface area (Å²) < 4.78 is 0. The van der Waals surface area contributed by atoms with Crippen LogP contribution in [0.25, 0.3) is 0 Å². The lowest BCUT2D eigenvalue weighted by atomic mass is 9.94. The predicted molar refractivity (Wildman–Crippen MR) is 84.7 cm³/mol. The van der Waals surface area contributed by atoms with E-state index in [-0.39, 0.29) is 18.1 Å². The highest BCUT2D eigenvalue weighted by Crippen LogP contribution is 2.20. The van der Waals surface area contributed by atoms with Gasteiger partial charge in [0.15, 0.2) is 0 Å². The zero-order valence-corrected chi connectivity index (χ0v) is 13.9. The number of rotatable bonds is 4. The maximum atomic E-state index is 12.2. The van der Waals surface area contributed by atoms with Gasteiger partial charge in [-0.2, -0.15) is 0 Å². The van der Waals surface area contributed by atoms with Crippen molar-refractivity contribution in [3.05, 3.63) is 15.6 Å². The Bertz CT molecular complexity index is 487. The highest BCUT2D eigenvalue weighted by molar-refractivity contribution is 7.11. The Balaban J connectivity index is 1.78. The van der Waals surface area contributed by atoms with Crippen LogP contribution in [0.5, 0.6) is 0 Å². The lowest BCUT2D eigenvalue weighted by Gasteiger charge is -2.34. The molecule has 2 N–H and O–H groups in total. The van der Waals surface area contributed by atoms with E-state index in [1.165, 1.54) is 4.88 Å². The summed E-state index contributed by atoms with van der Waals surface area (Å²) in [5.74, 6) is 0.205.